The van der Waals surface area contributed by atoms with Gasteiger partial charge in [-0.05, 0) is 73.2 Å². The molecule has 0 bridgehead atoms. The Labute approximate surface area is 307 Å². The molecule has 0 atom stereocenters. The Bertz CT molecular complexity index is 2450. The number of hydrogen-bond acceptors (Lipinski definition) is 12. The first-order valence-electron chi connectivity index (χ1n) is 16.4. The van der Waals surface area contributed by atoms with E-state index in [1.54, 1.807) is 35.1 Å². The van der Waals surface area contributed by atoms with Gasteiger partial charge in [0.15, 0.2) is 5.75 Å². The van der Waals surface area contributed by atoms with Crippen molar-refractivity contribution >= 4 is 45.9 Å². The van der Waals surface area contributed by atoms with Crippen LogP contribution in [0.3, 0.4) is 0 Å². The molecule has 12 heteroatoms. The second-order valence-electron chi connectivity index (χ2n) is 11.6. The van der Waals surface area contributed by atoms with Gasteiger partial charge in [-0.2, -0.15) is 0 Å². The fraction of sp³-hybridized carbons (Fsp3) is 0.0500. The van der Waals surface area contributed by atoms with Gasteiger partial charge in [-0.15, -0.1) is 22.7 Å². The van der Waals surface area contributed by atoms with Gasteiger partial charge < -0.3 is 20.1 Å². The summed E-state index contributed by atoms with van der Waals surface area (Å²) in [4.78, 5) is 29.6. The zero-order valence-corrected chi connectivity index (χ0v) is 29.4. The summed E-state index contributed by atoms with van der Waals surface area (Å²) >= 11 is 3.20. The van der Waals surface area contributed by atoms with Crippen LogP contribution in [0.4, 0.5) is 23.3 Å². The molecule has 254 valence electrons. The third kappa shape index (κ3) is 8.10. The summed E-state index contributed by atoms with van der Waals surface area (Å²) in [5.41, 5.74) is 4.18. The molecule has 10 nitrogen and oxygen atoms in total. The van der Waals surface area contributed by atoms with E-state index < -0.39 is 0 Å². The molecule has 0 fully saturated rings. The average Bonchev–Trinajstić information content (AvgIpc) is 3.83. The Kier molecular flexibility index (Phi) is 9.54. The topological polar surface area (TPSA) is 120 Å². The van der Waals surface area contributed by atoms with Crippen molar-refractivity contribution in [2.24, 2.45) is 0 Å². The van der Waals surface area contributed by atoms with Gasteiger partial charge in [0.1, 0.15) is 38.7 Å². The van der Waals surface area contributed by atoms with E-state index in [9.17, 15) is 0 Å². The predicted molar refractivity (Wildman–Crippen MR) is 206 cm³/mol. The molecular formula is C40H30N8O2S2. The smallest absolute Gasteiger partial charge is 0.227 e. The van der Waals surface area contributed by atoms with Crippen molar-refractivity contribution in [2.75, 3.05) is 10.6 Å². The molecule has 0 spiro atoms. The number of aromatic nitrogens is 6. The summed E-state index contributed by atoms with van der Waals surface area (Å²) in [5.74, 6) is 3.79. The maximum atomic E-state index is 6.27. The number of anilines is 4. The first-order valence-corrected chi connectivity index (χ1v) is 18.0. The number of benzene rings is 4. The standard InChI is InChI=1S/C40H30N8O2S2/c1-26-24-43-37(51-26)34-17-19-41-39(47-34)45-28-10-8-14-31(23-28)49-30-13-7-9-27(21-30)22-32-25-44-38(52-32)35-18-20-42-40(48-35)46-33-15-5-6-16-36(33)50-29-11-3-2-4-12-29/h2-21,23-25H,22H2,1H3,(H,41,45,47)(H,42,46,48). The van der Waals surface area contributed by atoms with Crippen LogP contribution in [0.15, 0.2) is 140 Å². The molecule has 0 saturated heterocycles. The van der Waals surface area contributed by atoms with Gasteiger partial charge in [-0.1, -0.05) is 48.5 Å². The van der Waals surface area contributed by atoms with Crippen molar-refractivity contribution < 1.29 is 9.47 Å². The molecule has 0 unspecified atom stereocenters. The highest BCUT2D eigenvalue weighted by atomic mass is 32.1. The van der Waals surface area contributed by atoms with E-state index in [0.29, 0.717) is 29.8 Å². The molecule has 0 radical (unpaired) electrons. The number of nitrogens with zero attached hydrogens (tertiary/aromatic N) is 6. The number of aryl methyl sites for hydroxylation is 1. The van der Waals surface area contributed by atoms with Crippen LogP contribution in [-0.4, -0.2) is 29.9 Å². The lowest BCUT2D eigenvalue weighted by Crippen LogP contribution is -1.99. The molecule has 0 aliphatic carbocycles. The summed E-state index contributed by atoms with van der Waals surface area (Å²) in [5, 5.41) is 8.25. The van der Waals surface area contributed by atoms with Gasteiger partial charge in [0.25, 0.3) is 0 Å². The maximum Gasteiger partial charge on any atom is 0.227 e. The van der Waals surface area contributed by atoms with Crippen LogP contribution in [0.1, 0.15) is 15.3 Å². The van der Waals surface area contributed by atoms with Crippen LogP contribution in [0.5, 0.6) is 23.0 Å². The average molecular weight is 719 g/mol. The molecule has 0 amide bonds. The second kappa shape index (κ2) is 15.2. The lowest BCUT2D eigenvalue weighted by Gasteiger charge is -2.12. The van der Waals surface area contributed by atoms with E-state index in [-0.39, 0.29) is 0 Å². The Balaban J connectivity index is 0.917. The Morgan fingerprint density at radius 1 is 0.577 bits per heavy atom. The molecule has 8 aromatic rings. The minimum atomic E-state index is 0.453. The molecule has 8 rings (SSSR count). The number of thiazole rings is 2. The summed E-state index contributed by atoms with van der Waals surface area (Å²) < 4.78 is 12.4. The zero-order valence-electron chi connectivity index (χ0n) is 27.8. The van der Waals surface area contributed by atoms with Gasteiger partial charge >= 0.3 is 0 Å². The molecule has 4 heterocycles. The molecule has 2 N–H and O–H groups in total. The van der Waals surface area contributed by atoms with E-state index in [1.807, 2.05) is 129 Å². The summed E-state index contributed by atoms with van der Waals surface area (Å²) in [7, 11) is 0. The highest BCUT2D eigenvalue weighted by Crippen LogP contribution is 2.33. The number of ether oxygens (including phenoxy) is 2. The number of para-hydroxylation sites is 3. The third-order valence-electron chi connectivity index (χ3n) is 7.63. The van der Waals surface area contributed by atoms with Gasteiger partial charge in [-0.3, -0.25) is 0 Å². The van der Waals surface area contributed by atoms with Gasteiger partial charge in [0.2, 0.25) is 11.9 Å². The van der Waals surface area contributed by atoms with Crippen molar-refractivity contribution in [1.82, 2.24) is 29.9 Å². The van der Waals surface area contributed by atoms with Crippen LogP contribution < -0.4 is 20.1 Å². The van der Waals surface area contributed by atoms with E-state index in [0.717, 1.165) is 59.6 Å². The quantitative estimate of drug-likeness (QED) is 0.126. The van der Waals surface area contributed by atoms with Gasteiger partial charge in [0, 0.05) is 52.7 Å². The van der Waals surface area contributed by atoms with Crippen molar-refractivity contribution in [1.29, 1.82) is 0 Å². The first-order chi connectivity index (χ1) is 25.6. The van der Waals surface area contributed by atoms with E-state index >= 15 is 0 Å². The van der Waals surface area contributed by atoms with Crippen LogP contribution in [0.2, 0.25) is 0 Å². The highest BCUT2D eigenvalue weighted by Gasteiger charge is 2.12. The van der Waals surface area contributed by atoms with E-state index in [1.165, 1.54) is 0 Å². The minimum Gasteiger partial charge on any atom is -0.457 e. The predicted octanol–water partition coefficient (Wildman–Crippen LogP) is 10.5. The van der Waals surface area contributed by atoms with Crippen molar-refractivity contribution in [2.45, 2.75) is 13.3 Å². The lowest BCUT2D eigenvalue weighted by molar-refractivity contribution is 0.482. The fourth-order valence-corrected chi connectivity index (χ4v) is 6.92. The molecule has 0 aliphatic heterocycles. The monoisotopic (exact) mass is 718 g/mol. The largest absolute Gasteiger partial charge is 0.457 e. The number of nitrogens with one attached hydrogen (secondary N) is 2. The Morgan fingerprint density at radius 2 is 1.25 bits per heavy atom. The number of rotatable bonds is 12. The fourth-order valence-electron chi connectivity index (χ4n) is 5.27. The molecule has 52 heavy (non-hydrogen) atoms. The second-order valence-corrected chi connectivity index (χ2v) is 13.9. The van der Waals surface area contributed by atoms with Crippen LogP contribution in [0.25, 0.3) is 21.4 Å². The molecule has 4 aromatic heterocycles. The molecule has 4 aromatic carbocycles. The van der Waals surface area contributed by atoms with Crippen LogP contribution in [0, 0.1) is 6.92 Å². The van der Waals surface area contributed by atoms with Crippen molar-refractivity contribution in [3.8, 4) is 44.4 Å². The first kappa shape index (κ1) is 32.7. The molecular weight excluding hydrogens is 689 g/mol. The lowest BCUT2D eigenvalue weighted by atomic mass is 10.1. The summed E-state index contributed by atoms with van der Waals surface area (Å²) in [6, 6.07) is 36.9. The summed E-state index contributed by atoms with van der Waals surface area (Å²) in [6.45, 7) is 2.03. The number of hydrogen-bond donors (Lipinski definition) is 2. The minimum absolute atomic E-state index is 0.453. The Morgan fingerprint density at radius 3 is 2.04 bits per heavy atom. The van der Waals surface area contributed by atoms with Crippen molar-refractivity contribution in [3.63, 3.8) is 0 Å². The van der Waals surface area contributed by atoms with E-state index in [2.05, 4.69) is 41.6 Å². The Hall–Kier alpha value is -6.50. The SMILES string of the molecule is Cc1cnc(-c2ccnc(Nc3cccc(Oc4cccc(Cc5cnc(-c6ccnc(Nc7ccccc7Oc7ccccc7)n6)s5)c4)c3)n2)s1. The van der Waals surface area contributed by atoms with E-state index in [4.69, 9.17) is 14.5 Å². The molecule has 0 saturated carbocycles. The summed E-state index contributed by atoms with van der Waals surface area (Å²) in [6.07, 6.45) is 7.90. The van der Waals surface area contributed by atoms with Gasteiger partial charge in [-0.25, -0.2) is 29.9 Å². The normalized spacial score (nSPS) is 10.9. The third-order valence-corrected chi connectivity index (χ3v) is 9.59. The zero-order chi connectivity index (χ0) is 35.1. The van der Waals surface area contributed by atoms with Crippen molar-refractivity contribution in [3.05, 3.63) is 155 Å². The maximum absolute atomic E-state index is 6.27. The van der Waals surface area contributed by atoms with Crippen LogP contribution in [-0.2, 0) is 6.42 Å². The van der Waals surface area contributed by atoms with Gasteiger partial charge in [0.05, 0.1) is 5.69 Å². The molecule has 0 aliphatic rings. The highest BCUT2D eigenvalue weighted by molar-refractivity contribution is 7.15. The van der Waals surface area contributed by atoms with Crippen LogP contribution >= 0.6 is 22.7 Å².